The summed E-state index contributed by atoms with van der Waals surface area (Å²) in [5, 5.41) is 0.601. The van der Waals surface area contributed by atoms with Gasteiger partial charge in [-0.2, -0.15) is 0 Å². The average molecular weight is 339 g/mol. The normalized spacial score (nSPS) is 18.0. The summed E-state index contributed by atoms with van der Waals surface area (Å²) >= 11 is 5.77. The molecule has 0 radical (unpaired) electrons. The van der Waals surface area contributed by atoms with Crippen molar-refractivity contribution in [3.63, 3.8) is 0 Å². The van der Waals surface area contributed by atoms with Crippen molar-refractivity contribution in [1.82, 2.24) is 9.80 Å². The fourth-order valence-electron chi connectivity index (χ4n) is 2.47. The first-order valence-electron chi connectivity index (χ1n) is 7.16. The number of benzene rings is 1. The van der Waals surface area contributed by atoms with Crippen molar-refractivity contribution in [1.29, 1.82) is 0 Å². The molecule has 122 valence electrons. The molecule has 0 aliphatic carbocycles. The van der Waals surface area contributed by atoms with Crippen molar-refractivity contribution in [2.75, 3.05) is 32.8 Å². The van der Waals surface area contributed by atoms with Gasteiger partial charge in [0.2, 0.25) is 0 Å². The molecule has 2 fully saturated rings. The molecule has 1 aromatic carbocycles. The zero-order valence-electron chi connectivity index (χ0n) is 12.2. The summed E-state index contributed by atoms with van der Waals surface area (Å²) < 4.78 is 10.0. The number of amides is 3. The van der Waals surface area contributed by atoms with Crippen LogP contribution in [0.1, 0.15) is 0 Å². The van der Waals surface area contributed by atoms with Gasteiger partial charge in [0.15, 0.2) is 13.2 Å². The quantitative estimate of drug-likeness (QED) is 0.805. The van der Waals surface area contributed by atoms with Crippen LogP contribution >= 0.6 is 11.6 Å². The Kier molecular flexibility index (Phi) is 4.38. The van der Waals surface area contributed by atoms with Gasteiger partial charge in [-0.15, -0.1) is 0 Å². The van der Waals surface area contributed by atoms with Gasteiger partial charge < -0.3 is 14.4 Å². The van der Waals surface area contributed by atoms with E-state index in [-0.39, 0.29) is 30.9 Å². The van der Waals surface area contributed by atoms with Gasteiger partial charge in [-0.05, 0) is 24.3 Å². The van der Waals surface area contributed by atoms with Gasteiger partial charge in [0.1, 0.15) is 5.75 Å². The zero-order valence-corrected chi connectivity index (χ0v) is 13.0. The van der Waals surface area contributed by atoms with Gasteiger partial charge in [0.05, 0.1) is 0 Å². The second-order valence-electron chi connectivity index (χ2n) is 5.47. The SMILES string of the molecule is O=C(COc1ccc(Cl)cc1)N1CC(CN2C(=O)COC2=O)C1. The predicted molar refractivity (Wildman–Crippen MR) is 80.1 cm³/mol. The molecule has 3 rings (SSSR count). The highest BCUT2D eigenvalue weighted by Gasteiger charge is 2.38. The highest BCUT2D eigenvalue weighted by atomic mass is 35.5. The molecular weight excluding hydrogens is 324 g/mol. The van der Waals surface area contributed by atoms with Crippen LogP contribution in [0.25, 0.3) is 0 Å². The molecule has 8 heteroatoms. The smallest absolute Gasteiger partial charge is 0.417 e. The number of carbonyl (C=O) groups excluding carboxylic acids is 3. The topological polar surface area (TPSA) is 76.2 Å². The van der Waals surface area contributed by atoms with Crippen LogP contribution in [0.3, 0.4) is 0 Å². The maximum absolute atomic E-state index is 12.0. The third kappa shape index (κ3) is 3.56. The third-order valence-electron chi connectivity index (χ3n) is 3.77. The Hall–Kier alpha value is -2.28. The summed E-state index contributed by atoms with van der Waals surface area (Å²) in [7, 11) is 0. The summed E-state index contributed by atoms with van der Waals surface area (Å²) in [6.07, 6.45) is -0.606. The lowest BCUT2D eigenvalue weighted by Gasteiger charge is -2.40. The zero-order chi connectivity index (χ0) is 16.4. The highest BCUT2D eigenvalue weighted by molar-refractivity contribution is 6.30. The maximum Gasteiger partial charge on any atom is 0.417 e. The molecule has 0 aromatic heterocycles. The lowest BCUT2D eigenvalue weighted by atomic mass is 9.99. The third-order valence-corrected chi connectivity index (χ3v) is 4.02. The number of halogens is 1. The van der Waals surface area contributed by atoms with Gasteiger partial charge in [0.25, 0.3) is 11.8 Å². The van der Waals surface area contributed by atoms with E-state index in [1.54, 1.807) is 29.2 Å². The van der Waals surface area contributed by atoms with Crippen LogP contribution < -0.4 is 4.74 Å². The minimum absolute atomic E-state index is 0.0565. The lowest BCUT2D eigenvalue weighted by molar-refractivity contribution is -0.140. The Balaban J connectivity index is 1.40. The first kappa shape index (κ1) is 15.6. The fourth-order valence-corrected chi connectivity index (χ4v) is 2.60. The number of cyclic esters (lactones) is 1. The van der Waals surface area contributed by atoms with E-state index in [2.05, 4.69) is 4.74 Å². The largest absolute Gasteiger partial charge is 0.484 e. The Bertz CT molecular complexity index is 611. The molecular formula is C15H15ClN2O5. The van der Waals surface area contributed by atoms with Gasteiger partial charge in [-0.25, -0.2) is 9.69 Å². The minimum atomic E-state index is -0.606. The van der Waals surface area contributed by atoms with E-state index < -0.39 is 6.09 Å². The molecule has 0 atom stereocenters. The molecule has 2 heterocycles. The van der Waals surface area contributed by atoms with E-state index >= 15 is 0 Å². The van der Waals surface area contributed by atoms with Crippen molar-refractivity contribution >= 4 is 29.5 Å². The number of likely N-dealkylation sites (tertiary alicyclic amines) is 1. The van der Waals surface area contributed by atoms with Gasteiger partial charge in [-0.3, -0.25) is 9.59 Å². The van der Waals surface area contributed by atoms with Crippen LogP contribution in [-0.2, 0) is 14.3 Å². The molecule has 3 amide bonds. The van der Waals surface area contributed by atoms with Crippen LogP contribution in [0.5, 0.6) is 5.75 Å². The number of hydrogen-bond acceptors (Lipinski definition) is 5. The fraction of sp³-hybridized carbons (Fsp3) is 0.400. The average Bonchev–Trinajstić information content (AvgIpc) is 2.81. The van der Waals surface area contributed by atoms with E-state index in [1.807, 2.05) is 0 Å². The van der Waals surface area contributed by atoms with E-state index in [4.69, 9.17) is 16.3 Å². The summed E-state index contributed by atoms with van der Waals surface area (Å²) in [5.74, 6) is 0.201. The first-order chi connectivity index (χ1) is 11.0. The standard InChI is InChI=1S/C15H15ClN2O5/c16-11-1-3-12(4-2-11)22-8-13(19)17-5-10(6-17)7-18-14(20)9-23-15(18)21/h1-4,10H,5-9H2. The molecule has 2 saturated heterocycles. The van der Waals surface area contributed by atoms with Gasteiger partial charge in [0, 0.05) is 30.6 Å². The number of carbonyl (C=O) groups is 3. The van der Waals surface area contributed by atoms with Crippen LogP contribution in [0.15, 0.2) is 24.3 Å². The molecule has 0 bridgehead atoms. The molecule has 7 nitrogen and oxygen atoms in total. The van der Waals surface area contributed by atoms with Crippen LogP contribution in [0.4, 0.5) is 4.79 Å². The predicted octanol–water partition coefficient (Wildman–Crippen LogP) is 1.16. The van der Waals surface area contributed by atoms with Crippen molar-refractivity contribution in [2.24, 2.45) is 5.92 Å². The number of rotatable bonds is 5. The Labute approximate surface area is 137 Å². The number of nitrogens with zero attached hydrogens (tertiary/aromatic N) is 2. The summed E-state index contributed by atoms with van der Waals surface area (Å²) in [4.78, 5) is 37.5. The van der Waals surface area contributed by atoms with E-state index in [0.717, 1.165) is 4.90 Å². The second kappa shape index (κ2) is 6.45. The molecule has 0 spiro atoms. The van der Waals surface area contributed by atoms with Crippen molar-refractivity contribution in [3.8, 4) is 5.75 Å². The maximum atomic E-state index is 12.0. The minimum Gasteiger partial charge on any atom is -0.484 e. The van der Waals surface area contributed by atoms with Crippen molar-refractivity contribution in [2.45, 2.75) is 0 Å². The molecule has 0 saturated carbocycles. The second-order valence-corrected chi connectivity index (χ2v) is 5.90. The summed E-state index contributed by atoms with van der Waals surface area (Å²) in [6, 6.07) is 6.76. The Morgan fingerprint density at radius 1 is 1.26 bits per heavy atom. The Morgan fingerprint density at radius 3 is 2.57 bits per heavy atom. The lowest BCUT2D eigenvalue weighted by Crippen LogP contribution is -2.55. The summed E-state index contributed by atoms with van der Waals surface area (Å²) in [6.45, 7) is 1.04. The molecule has 0 unspecified atom stereocenters. The molecule has 2 aliphatic heterocycles. The van der Waals surface area contributed by atoms with Gasteiger partial charge >= 0.3 is 6.09 Å². The number of hydrogen-bond donors (Lipinski definition) is 0. The van der Waals surface area contributed by atoms with Crippen molar-refractivity contribution in [3.05, 3.63) is 29.3 Å². The van der Waals surface area contributed by atoms with Crippen LogP contribution in [-0.4, -0.2) is 60.6 Å². The van der Waals surface area contributed by atoms with Crippen LogP contribution in [0, 0.1) is 5.92 Å². The number of imide groups is 1. The van der Waals surface area contributed by atoms with Crippen LogP contribution in [0.2, 0.25) is 5.02 Å². The monoisotopic (exact) mass is 338 g/mol. The Morgan fingerprint density at radius 2 is 1.96 bits per heavy atom. The molecule has 1 aromatic rings. The van der Waals surface area contributed by atoms with Crippen molar-refractivity contribution < 1.29 is 23.9 Å². The summed E-state index contributed by atoms with van der Waals surface area (Å²) in [5.41, 5.74) is 0. The van der Waals surface area contributed by atoms with E-state index in [9.17, 15) is 14.4 Å². The van der Waals surface area contributed by atoms with E-state index in [0.29, 0.717) is 30.4 Å². The van der Waals surface area contributed by atoms with Gasteiger partial charge in [-0.1, -0.05) is 11.6 Å². The number of ether oxygens (including phenoxy) is 2. The molecule has 23 heavy (non-hydrogen) atoms. The molecule has 2 aliphatic rings. The highest BCUT2D eigenvalue weighted by Crippen LogP contribution is 2.20. The van der Waals surface area contributed by atoms with E-state index in [1.165, 1.54) is 0 Å². The molecule has 0 N–H and O–H groups in total. The first-order valence-corrected chi connectivity index (χ1v) is 7.54.